The highest BCUT2D eigenvalue weighted by atomic mass is 16.6. The largest absolute Gasteiger partial charge is 0.452 e. The number of nitrogens with one attached hydrogen (secondary N) is 1. The summed E-state index contributed by atoms with van der Waals surface area (Å²) in [5, 5.41) is 14.1. The third-order valence-corrected chi connectivity index (χ3v) is 4.48. The summed E-state index contributed by atoms with van der Waals surface area (Å²) in [7, 11) is 0. The fourth-order valence-corrected chi connectivity index (χ4v) is 2.54. The van der Waals surface area contributed by atoms with Crippen molar-refractivity contribution in [1.29, 1.82) is 0 Å². The number of carbonyl (C=O) groups excluding carboxylic acids is 2. The third kappa shape index (κ3) is 5.65. The molecule has 1 aromatic carbocycles. The SMILES string of the molecule is CC(C)C(C)NC(=O)COC(=O)c1ccc(N2CCOCC2)c([N+](=O)[O-])c1. The molecule has 1 heterocycles. The van der Waals surface area contributed by atoms with Crippen molar-refractivity contribution in [2.45, 2.75) is 26.8 Å². The molecule has 0 bridgehead atoms. The Labute approximate surface area is 157 Å². The van der Waals surface area contributed by atoms with Crippen molar-refractivity contribution >= 4 is 23.3 Å². The fraction of sp³-hybridized carbons (Fsp3) is 0.556. The van der Waals surface area contributed by atoms with E-state index in [4.69, 9.17) is 9.47 Å². The summed E-state index contributed by atoms with van der Waals surface area (Å²) in [6.07, 6.45) is 0. The molecule has 0 spiro atoms. The number of nitro groups is 1. The van der Waals surface area contributed by atoms with Gasteiger partial charge in [-0.25, -0.2) is 4.79 Å². The number of rotatable bonds is 7. The lowest BCUT2D eigenvalue weighted by Gasteiger charge is -2.28. The first-order valence-electron chi connectivity index (χ1n) is 8.87. The normalized spacial score (nSPS) is 15.3. The Balaban J connectivity index is 2.05. The first-order chi connectivity index (χ1) is 12.8. The van der Waals surface area contributed by atoms with Gasteiger partial charge in [0, 0.05) is 25.2 Å². The van der Waals surface area contributed by atoms with Crippen LogP contribution in [0.5, 0.6) is 0 Å². The lowest BCUT2D eigenvalue weighted by molar-refractivity contribution is -0.384. The minimum atomic E-state index is -0.779. The zero-order valence-corrected chi connectivity index (χ0v) is 15.8. The van der Waals surface area contributed by atoms with Gasteiger partial charge in [0.15, 0.2) is 6.61 Å². The van der Waals surface area contributed by atoms with E-state index >= 15 is 0 Å². The fourth-order valence-electron chi connectivity index (χ4n) is 2.54. The summed E-state index contributed by atoms with van der Waals surface area (Å²) in [4.78, 5) is 36.7. The molecule has 1 aliphatic rings. The number of esters is 1. The summed E-state index contributed by atoms with van der Waals surface area (Å²) in [5.41, 5.74) is 0.288. The second kappa shape index (κ2) is 9.31. The number of ether oxygens (including phenoxy) is 2. The predicted molar refractivity (Wildman–Crippen MR) is 98.9 cm³/mol. The summed E-state index contributed by atoms with van der Waals surface area (Å²) in [5.74, 6) is -0.942. The van der Waals surface area contributed by atoms with E-state index in [1.807, 2.05) is 25.7 Å². The quantitative estimate of drug-likeness (QED) is 0.436. The van der Waals surface area contributed by atoms with Crippen LogP contribution in [0.1, 0.15) is 31.1 Å². The predicted octanol–water partition coefficient (Wildman–Crippen LogP) is 1.75. The molecule has 1 saturated heterocycles. The molecule has 2 rings (SSSR count). The van der Waals surface area contributed by atoms with Crippen molar-refractivity contribution in [2.75, 3.05) is 37.8 Å². The van der Waals surface area contributed by atoms with E-state index in [-0.39, 0.29) is 23.2 Å². The van der Waals surface area contributed by atoms with Crippen molar-refractivity contribution in [3.05, 3.63) is 33.9 Å². The van der Waals surface area contributed by atoms with Crippen LogP contribution in [0.25, 0.3) is 0 Å². The minimum Gasteiger partial charge on any atom is -0.452 e. The Morgan fingerprint density at radius 1 is 1.30 bits per heavy atom. The summed E-state index contributed by atoms with van der Waals surface area (Å²) >= 11 is 0. The molecule has 1 atom stereocenters. The molecule has 0 radical (unpaired) electrons. The van der Waals surface area contributed by atoms with E-state index in [0.717, 1.165) is 0 Å². The number of hydrogen-bond acceptors (Lipinski definition) is 7. The number of nitro benzene ring substituents is 1. The van der Waals surface area contributed by atoms with E-state index in [0.29, 0.717) is 32.0 Å². The Hall–Kier alpha value is -2.68. The van der Waals surface area contributed by atoms with E-state index < -0.39 is 23.4 Å². The van der Waals surface area contributed by atoms with Crippen LogP contribution in [0.15, 0.2) is 18.2 Å². The van der Waals surface area contributed by atoms with Gasteiger partial charge < -0.3 is 19.7 Å². The van der Waals surface area contributed by atoms with Gasteiger partial charge in [0.1, 0.15) is 5.69 Å². The maximum absolute atomic E-state index is 12.2. The number of nitrogens with zero attached hydrogens (tertiary/aromatic N) is 2. The number of benzene rings is 1. The Kier molecular flexibility index (Phi) is 7.12. The molecule has 0 aliphatic carbocycles. The summed E-state index contributed by atoms with van der Waals surface area (Å²) < 4.78 is 10.2. The van der Waals surface area contributed by atoms with Gasteiger partial charge in [0.2, 0.25) is 0 Å². The van der Waals surface area contributed by atoms with Crippen LogP contribution in [0.3, 0.4) is 0 Å². The lowest BCUT2D eigenvalue weighted by atomic mass is 10.1. The van der Waals surface area contributed by atoms with Crippen LogP contribution in [0.4, 0.5) is 11.4 Å². The number of hydrogen-bond donors (Lipinski definition) is 1. The van der Waals surface area contributed by atoms with Gasteiger partial charge in [0.25, 0.3) is 11.6 Å². The smallest absolute Gasteiger partial charge is 0.338 e. The van der Waals surface area contributed by atoms with Crippen molar-refractivity contribution in [3.8, 4) is 0 Å². The molecule has 1 amide bonds. The maximum Gasteiger partial charge on any atom is 0.338 e. The van der Waals surface area contributed by atoms with Crippen LogP contribution in [-0.4, -0.2) is 55.8 Å². The van der Waals surface area contributed by atoms with Gasteiger partial charge in [-0.2, -0.15) is 0 Å². The third-order valence-electron chi connectivity index (χ3n) is 4.48. The molecule has 0 saturated carbocycles. The molecular weight excluding hydrogens is 354 g/mol. The molecular formula is C18H25N3O6. The summed E-state index contributed by atoms with van der Waals surface area (Å²) in [6.45, 7) is 7.42. The van der Waals surface area contributed by atoms with Crippen LogP contribution >= 0.6 is 0 Å². The van der Waals surface area contributed by atoms with Gasteiger partial charge in [-0.05, 0) is 25.0 Å². The lowest BCUT2D eigenvalue weighted by Crippen LogP contribution is -2.38. The molecule has 27 heavy (non-hydrogen) atoms. The van der Waals surface area contributed by atoms with Crippen molar-refractivity contribution in [2.24, 2.45) is 5.92 Å². The van der Waals surface area contributed by atoms with Crippen molar-refractivity contribution in [3.63, 3.8) is 0 Å². The van der Waals surface area contributed by atoms with E-state index in [2.05, 4.69) is 5.32 Å². The topological polar surface area (TPSA) is 111 Å². The minimum absolute atomic E-state index is 0.0309. The van der Waals surface area contributed by atoms with Crippen molar-refractivity contribution in [1.82, 2.24) is 5.32 Å². The molecule has 1 fully saturated rings. The van der Waals surface area contributed by atoms with Gasteiger partial charge in [-0.1, -0.05) is 13.8 Å². The first-order valence-corrected chi connectivity index (χ1v) is 8.87. The first kappa shape index (κ1) is 20.6. The molecule has 0 aromatic heterocycles. The highest BCUT2D eigenvalue weighted by molar-refractivity contribution is 5.93. The highest BCUT2D eigenvalue weighted by Crippen LogP contribution is 2.30. The standard InChI is InChI=1S/C18H25N3O6/c1-12(2)13(3)19-17(22)11-27-18(23)14-4-5-15(16(10-14)21(24)25)20-6-8-26-9-7-20/h4-5,10,12-13H,6-9,11H2,1-3H3,(H,19,22). The Bertz CT molecular complexity index is 700. The van der Waals surface area contributed by atoms with Crippen LogP contribution in [0.2, 0.25) is 0 Å². The average molecular weight is 379 g/mol. The molecule has 148 valence electrons. The van der Waals surface area contributed by atoms with Gasteiger partial charge in [0.05, 0.1) is 23.7 Å². The van der Waals surface area contributed by atoms with E-state index in [1.165, 1.54) is 18.2 Å². The van der Waals surface area contributed by atoms with Gasteiger partial charge >= 0.3 is 5.97 Å². The van der Waals surface area contributed by atoms with Crippen LogP contribution in [-0.2, 0) is 14.3 Å². The Morgan fingerprint density at radius 3 is 2.56 bits per heavy atom. The number of anilines is 1. The zero-order valence-electron chi connectivity index (χ0n) is 15.8. The number of amides is 1. The zero-order chi connectivity index (χ0) is 20.0. The average Bonchev–Trinajstić information content (AvgIpc) is 2.66. The molecule has 1 aliphatic heterocycles. The van der Waals surface area contributed by atoms with Crippen LogP contribution < -0.4 is 10.2 Å². The monoisotopic (exact) mass is 379 g/mol. The number of carbonyl (C=O) groups is 2. The molecule has 9 heteroatoms. The van der Waals surface area contributed by atoms with E-state index in [1.54, 1.807) is 0 Å². The molecule has 1 aromatic rings. The van der Waals surface area contributed by atoms with Gasteiger partial charge in [-0.3, -0.25) is 14.9 Å². The molecule has 1 N–H and O–H groups in total. The second-order valence-electron chi connectivity index (χ2n) is 6.74. The Morgan fingerprint density at radius 2 is 1.96 bits per heavy atom. The van der Waals surface area contributed by atoms with Gasteiger partial charge in [-0.15, -0.1) is 0 Å². The van der Waals surface area contributed by atoms with Crippen LogP contribution in [0, 0.1) is 16.0 Å². The molecule has 9 nitrogen and oxygen atoms in total. The van der Waals surface area contributed by atoms with Crippen molar-refractivity contribution < 1.29 is 24.0 Å². The highest BCUT2D eigenvalue weighted by Gasteiger charge is 2.24. The number of morpholine rings is 1. The summed E-state index contributed by atoms with van der Waals surface area (Å²) in [6, 6.07) is 4.13. The molecule has 1 unspecified atom stereocenters. The second-order valence-corrected chi connectivity index (χ2v) is 6.74. The maximum atomic E-state index is 12.2. The van der Waals surface area contributed by atoms with E-state index in [9.17, 15) is 19.7 Å².